The van der Waals surface area contributed by atoms with Crippen LogP contribution in [0.25, 0.3) is 0 Å². The van der Waals surface area contributed by atoms with Crippen molar-refractivity contribution < 1.29 is 4.79 Å². The minimum atomic E-state index is -0.202. The second-order valence-electron chi connectivity index (χ2n) is 6.51. The molecule has 0 unspecified atom stereocenters. The summed E-state index contributed by atoms with van der Waals surface area (Å²) in [6.45, 7) is 2.21. The number of nitriles is 1. The van der Waals surface area contributed by atoms with Gasteiger partial charge in [-0.05, 0) is 43.5 Å². The van der Waals surface area contributed by atoms with E-state index >= 15 is 0 Å². The number of carbonyl (C=O) groups excluding carboxylic acids is 1. The van der Waals surface area contributed by atoms with Crippen LogP contribution < -0.4 is 10.2 Å². The number of carbonyl (C=O) groups is 1. The number of anilines is 1. The molecule has 0 radical (unpaired) electrons. The fourth-order valence-electron chi connectivity index (χ4n) is 3.56. The first kappa shape index (κ1) is 15.8. The van der Waals surface area contributed by atoms with Gasteiger partial charge in [0.1, 0.15) is 11.6 Å². The fraction of sp³-hybridized carbons (Fsp3) is 0.444. The summed E-state index contributed by atoms with van der Waals surface area (Å²) in [4.78, 5) is 14.4. The SMILES string of the molecule is N#Cc1ccc(N2CC[C@@H](NCc3nnc4n3CCCC4)C2=O)cc1. The molecule has 0 bridgehead atoms. The highest BCUT2D eigenvalue weighted by Crippen LogP contribution is 2.22. The molecule has 1 N–H and O–H groups in total. The summed E-state index contributed by atoms with van der Waals surface area (Å²) in [5, 5.41) is 20.7. The van der Waals surface area contributed by atoms with Crippen molar-refractivity contribution >= 4 is 11.6 Å². The maximum atomic E-state index is 12.7. The molecule has 0 saturated carbocycles. The van der Waals surface area contributed by atoms with Crippen LogP contribution in [-0.2, 0) is 24.3 Å². The lowest BCUT2D eigenvalue weighted by molar-refractivity contribution is -0.118. The van der Waals surface area contributed by atoms with E-state index in [1.54, 1.807) is 17.0 Å². The number of benzene rings is 1. The Hall–Kier alpha value is -2.72. The van der Waals surface area contributed by atoms with Gasteiger partial charge in [0.25, 0.3) is 0 Å². The van der Waals surface area contributed by atoms with Crippen molar-refractivity contribution in [3.63, 3.8) is 0 Å². The van der Waals surface area contributed by atoms with Crippen LogP contribution in [0.2, 0.25) is 0 Å². The Morgan fingerprint density at radius 3 is 2.84 bits per heavy atom. The minimum Gasteiger partial charge on any atom is -0.314 e. The van der Waals surface area contributed by atoms with Crippen molar-refractivity contribution in [2.45, 2.75) is 44.8 Å². The molecule has 1 saturated heterocycles. The van der Waals surface area contributed by atoms with E-state index in [2.05, 4.69) is 26.2 Å². The van der Waals surface area contributed by atoms with Crippen molar-refractivity contribution in [2.24, 2.45) is 0 Å². The molecule has 0 spiro atoms. The average molecular weight is 336 g/mol. The summed E-state index contributed by atoms with van der Waals surface area (Å²) in [6, 6.07) is 9.03. The lowest BCUT2D eigenvalue weighted by atomic mass is 10.1. The van der Waals surface area contributed by atoms with E-state index in [0.29, 0.717) is 18.7 Å². The van der Waals surface area contributed by atoms with Crippen molar-refractivity contribution in [3.05, 3.63) is 41.5 Å². The zero-order valence-corrected chi connectivity index (χ0v) is 14.0. The summed E-state index contributed by atoms with van der Waals surface area (Å²) in [5.74, 6) is 2.04. The van der Waals surface area contributed by atoms with Crippen LogP contribution in [0.4, 0.5) is 5.69 Å². The van der Waals surface area contributed by atoms with E-state index < -0.39 is 0 Å². The Morgan fingerprint density at radius 1 is 1.20 bits per heavy atom. The summed E-state index contributed by atoms with van der Waals surface area (Å²) in [5.41, 5.74) is 1.44. The molecule has 1 atom stereocenters. The van der Waals surface area contributed by atoms with Gasteiger partial charge < -0.3 is 9.47 Å². The summed E-state index contributed by atoms with van der Waals surface area (Å²) < 4.78 is 2.17. The third kappa shape index (κ3) is 3.01. The number of aryl methyl sites for hydroxylation is 1. The molecule has 1 aromatic carbocycles. The van der Waals surface area contributed by atoms with Gasteiger partial charge in [-0.3, -0.25) is 10.1 Å². The molecule has 1 amide bonds. The largest absolute Gasteiger partial charge is 0.314 e. The van der Waals surface area contributed by atoms with Crippen LogP contribution in [0.1, 0.15) is 36.5 Å². The molecule has 1 aromatic heterocycles. The summed E-state index contributed by atoms with van der Waals surface area (Å²) >= 11 is 0. The first-order valence-corrected chi connectivity index (χ1v) is 8.72. The summed E-state index contributed by atoms with van der Waals surface area (Å²) in [7, 11) is 0. The Kier molecular flexibility index (Phi) is 4.20. The molecule has 25 heavy (non-hydrogen) atoms. The molecule has 128 valence electrons. The van der Waals surface area contributed by atoms with Crippen LogP contribution in [0.15, 0.2) is 24.3 Å². The molecule has 2 aromatic rings. The van der Waals surface area contributed by atoms with Crippen LogP contribution in [0.3, 0.4) is 0 Å². The van der Waals surface area contributed by atoms with Gasteiger partial charge in [0.05, 0.1) is 24.2 Å². The first-order valence-electron chi connectivity index (χ1n) is 8.72. The predicted octanol–water partition coefficient (Wildman–Crippen LogP) is 1.38. The van der Waals surface area contributed by atoms with Gasteiger partial charge in [-0.25, -0.2) is 0 Å². The van der Waals surface area contributed by atoms with Gasteiger partial charge in [-0.15, -0.1) is 10.2 Å². The normalized spacial score (nSPS) is 19.7. The standard InChI is InChI=1S/C18H20N6O/c19-11-13-4-6-14(7-5-13)23-10-8-15(18(23)25)20-12-17-22-21-16-3-1-2-9-24(16)17/h4-7,15,20H,1-3,8-10,12H2/t15-/m1/s1. The number of amides is 1. The van der Waals surface area contributed by atoms with E-state index in [1.165, 1.54) is 6.42 Å². The lowest BCUT2D eigenvalue weighted by Gasteiger charge is -2.18. The van der Waals surface area contributed by atoms with Gasteiger partial charge in [-0.1, -0.05) is 0 Å². The highest BCUT2D eigenvalue weighted by atomic mass is 16.2. The van der Waals surface area contributed by atoms with Crippen LogP contribution in [0, 0.1) is 11.3 Å². The molecule has 2 aliphatic heterocycles. The first-order chi connectivity index (χ1) is 12.3. The maximum absolute atomic E-state index is 12.7. The van der Waals surface area contributed by atoms with Crippen LogP contribution in [-0.4, -0.2) is 33.3 Å². The summed E-state index contributed by atoms with van der Waals surface area (Å²) in [6.07, 6.45) is 4.08. The topological polar surface area (TPSA) is 86.8 Å². The van der Waals surface area contributed by atoms with E-state index in [4.69, 9.17) is 5.26 Å². The van der Waals surface area contributed by atoms with Gasteiger partial charge in [0.15, 0.2) is 0 Å². The second kappa shape index (κ2) is 6.65. The number of nitrogens with one attached hydrogen (secondary N) is 1. The van der Waals surface area contributed by atoms with Gasteiger partial charge in [-0.2, -0.15) is 5.26 Å². The third-order valence-corrected chi connectivity index (χ3v) is 4.96. The number of hydrogen-bond donors (Lipinski definition) is 1. The van der Waals surface area contributed by atoms with E-state index in [1.807, 2.05) is 12.1 Å². The number of rotatable bonds is 4. The minimum absolute atomic E-state index is 0.0723. The molecular weight excluding hydrogens is 316 g/mol. The number of nitrogens with zero attached hydrogens (tertiary/aromatic N) is 5. The smallest absolute Gasteiger partial charge is 0.244 e. The number of aromatic nitrogens is 3. The molecule has 1 fully saturated rings. The number of hydrogen-bond acceptors (Lipinski definition) is 5. The second-order valence-corrected chi connectivity index (χ2v) is 6.51. The molecule has 4 rings (SSSR count). The van der Waals surface area contributed by atoms with Gasteiger partial charge in [0.2, 0.25) is 5.91 Å². The fourth-order valence-corrected chi connectivity index (χ4v) is 3.56. The van der Waals surface area contributed by atoms with Crippen LogP contribution in [0.5, 0.6) is 0 Å². The highest BCUT2D eigenvalue weighted by molar-refractivity contribution is 5.99. The van der Waals surface area contributed by atoms with Crippen LogP contribution >= 0.6 is 0 Å². The Morgan fingerprint density at radius 2 is 2.04 bits per heavy atom. The monoisotopic (exact) mass is 336 g/mol. The molecule has 7 nitrogen and oxygen atoms in total. The number of fused-ring (bicyclic) bond motifs is 1. The molecule has 3 heterocycles. The third-order valence-electron chi connectivity index (χ3n) is 4.96. The molecule has 0 aliphatic carbocycles. The predicted molar refractivity (Wildman–Crippen MR) is 91.7 cm³/mol. The molecule has 2 aliphatic rings. The van der Waals surface area contributed by atoms with Crippen molar-refractivity contribution in [2.75, 3.05) is 11.4 Å². The Balaban J connectivity index is 1.40. The van der Waals surface area contributed by atoms with Crippen molar-refractivity contribution in [1.82, 2.24) is 20.1 Å². The van der Waals surface area contributed by atoms with Crippen molar-refractivity contribution in [3.8, 4) is 6.07 Å². The maximum Gasteiger partial charge on any atom is 0.244 e. The van der Waals surface area contributed by atoms with Gasteiger partial charge >= 0.3 is 0 Å². The van der Waals surface area contributed by atoms with E-state index in [0.717, 1.165) is 43.1 Å². The lowest BCUT2D eigenvalue weighted by Crippen LogP contribution is -2.38. The van der Waals surface area contributed by atoms with Crippen molar-refractivity contribution in [1.29, 1.82) is 5.26 Å². The average Bonchev–Trinajstić information content (AvgIpc) is 3.24. The highest BCUT2D eigenvalue weighted by Gasteiger charge is 2.32. The molecule has 7 heteroatoms. The van der Waals surface area contributed by atoms with Gasteiger partial charge in [0, 0.05) is 25.2 Å². The molecular formula is C18H20N6O. The zero-order chi connectivity index (χ0) is 17.2. The quantitative estimate of drug-likeness (QED) is 0.911. The van der Waals surface area contributed by atoms with E-state index in [9.17, 15) is 4.79 Å². The Labute approximate surface area is 146 Å². The Bertz CT molecular complexity index is 819. The zero-order valence-electron chi connectivity index (χ0n) is 14.0. The van der Waals surface area contributed by atoms with E-state index in [-0.39, 0.29) is 11.9 Å².